The lowest BCUT2D eigenvalue weighted by molar-refractivity contribution is 0.875. The van der Waals surface area contributed by atoms with Crippen LogP contribution in [0, 0.1) is 0 Å². The van der Waals surface area contributed by atoms with Crippen LogP contribution in [0.1, 0.15) is 36.8 Å². The van der Waals surface area contributed by atoms with Crippen LogP contribution in [0.4, 0.5) is 0 Å². The highest BCUT2D eigenvalue weighted by atomic mass is 15.1. The number of benzene rings is 1. The van der Waals surface area contributed by atoms with Crippen LogP contribution >= 0.6 is 0 Å². The Kier molecular flexibility index (Phi) is 4.46. The van der Waals surface area contributed by atoms with Crippen molar-refractivity contribution in [2.45, 2.75) is 50.9 Å². The Hall–Kier alpha value is -2.24. The Bertz CT molecular complexity index is 525. The zero-order chi connectivity index (χ0) is 15.4. The van der Waals surface area contributed by atoms with Crippen molar-refractivity contribution in [3.05, 3.63) is 35.4 Å². The molecule has 2 aliphatic rings. The summed E-state index contributed by atoms with van der Waals surface area (Å²) < 4.78 is 0. The molecular weight excluding hydrogens is 276 g/mol. The summed E-state index contributed by atoms with van der Waals surface area (Å²) in [7, 11) is 0. The molecule has 0 amide bonds. The Morgan fingerprint density at radius 3 is 1.77 bits per heavy atom. The lowest BCUT2D eigenvalue weighted by atomic mass is 10.1. The molecule has 3 rings (SSSR count). The zero-order valence-corrected chi connectivity index (χ0v) is 12.8. The molecule has 0 saturated heterocycles. The number of guanidine groups is 2. The maximum atomic E-state index is 5.84. The first-order chi connectivity index (χ1) is 10.7. The highest BCUT2D eigenvalue weighted by Crippen LogP contribution is 2.18. The van der Waals surface area contributed by atoms with Gasteiger partial charge >= 0.3 is 0 Å². The number of nitrogens with two attached hydrogens (primary N) is 2. The highest BCUT2D eigenvalue weighted by molar-refractivity contribution is 5.78. The molecule has 2 saturated carbocycles. The first-order valence-corrected chi connectivity index (χ1v) is 7.90. The fourth-order valence-electron chi connectivity index (χ4n) is 2.14. The van der Waals surface area contributed by atoms with Crippen molar-refractivity contribution in [2.75, 3.05) is 0 Å². The number of hydrogen-bond acceptors (Lipinski definition) is 2. The third kappa shape index (κ3) is 4.95. The van der Waals surface area contributed by atoms with Crippen LogP contribution in [-0.4, -0.2) is 24.0 Å². The molecular formula is C16H24N6. The van der Waals surface area contributed by atoms with Gasteiger partial charge in [0.05, 0.1) is 13.1 Å². The minimum atomic E-state index is 0.531. The van der Waals surface area contributed by atoms with Crippen LogP contribution in [0.5, 0.6) is 0 Å². The molecule has 1 aromatic rings. The van der Waals surface area contributed by atoms with Crippen LogP contribution in [0.15, 0.2) is 34.3 Å². The number of rotatable bonds is 6. The molecule has 0 aliphatic heterocycles. The summed E-state index contributed by atoms with van der Waals surface area (Å²) >= 11 is 0. The monoisotopic (exact) mass is 300 g/mol. The predicted molar refractivity (Wildman–Crippen MR) is 89.4 cm³/mol. The van der Waals surface area contributed by atoms with E-state index in [1.807, 2.05) is 18.2 Å². The summed E-state index contributed by atoms with van der Waals surface area (Å²) in [5.41, 5.74) is 13.9. The molecule has 6 N–H and O–H groups in total. The molecule has 2 aliphatic carbocycles. The van der Waals surface area contributed by atoms with E-state index in [2.05, 4.69) is 26.7 Å². The summed E-state index contributed by atoms with van der Waals surface area (Å²) in [5.74, 6) is 1.06. The molecule has 0 aromatic heterocycles. The summed E-state index contributed by atoms with van der Waals surface area (Å²) in [6.45, 7) is 1.16. The lowest BCUT2D eigenvalue weighted by Gasteiger charge is -2.05. The number of hydrogen-bond donors (Lipinski definition) is 4. The van der Waals surface area contributed by atoms with Gasteiger partial charge in [-0.05, 0) is 36.8 Å². The topological polar surface area (TPSA) is 101 Å². The third-order valence-electron chi connectivity index (χ3n) is 3.71. The third-order valence-corrected chi connectivity index (χ3v) is 3.71. The molecule has 6 heteroatoms. The number of nitrogens with one attached hydrogen (secondary N) is 2. The van der Waals surface area contributed by atoms with Crippen molar-refractivity contribution >= 4 is 11.9 Å². The summed E-state index contributed by atoms with van der Waals surface area (Å²) in [6, 6.07) is 9.28. The van der Waals surface area contributed by atoms with Crippen molar-refractivity contribution < 1.29 is 0 Å². The van der Waals surface area contributed by atoms with Gasteiger partial charge in [-0.1, -0.05) is 24.3 Å². The second-order valence-corrected chi connectivity index (χ2v) is 6.06. The predicted octanol–water partition coefficient (Wildman–Crippen LogP) is 0.820. The van der Waals surface area contributed by atoms with Gasteiger partial charge in [-0.3, -0.25) is 0 Å². The van der Waals surface area contributed by atoms with Gasteiger partial charge in [0.2, 0.25) is 0 Å². The largest absolute Gasteiger partial charge is 0.370 e. The van der Waals surface area contributed by atoms with Crippen LogP contribution in [0.3, 0.4) is 0 Å². The fraction of sp³-hybridized carbons (Fsp3) is 0.500. The minimum absolute atomic E-state index is 0.531. The summed E-state index contributed by atoms with van der Waals surface area (Å²) in [5, 5.41) is 6.37. The molecule has 118 valence electrons. The molecule has 1 aromatic carbocycles. The van der Waals surface area contributed by atoms with Crippen LogP contribution < -0.4 is 22.1 Å². The highest BCUT2D eigenvalue weighted by Gasteiger charge is 2.21. The molecule has 0 spiro atoms. The molecule has 0 heterocycles. The molecule has 0 unspecified atom stereocenters. The standard InChI is InChI=1S/C16H24N6/c17-15(21-13-4-5-13)19-9-11-2-1-3-12(8-11)10-20-16(18)22-14-6-7-14/h1-3,8,13-14H,4-7,9-10H2,(H3,17,19,21)(H3,18,20,22). The SMILES string of the molecule is NC(=NCc1cccc(CN=C(N)NC2CC2)c1)NC1CC1. The smallest absolute Gasteiger partial charge is 0.189 e. The van der Waals surface area contributed by atoms with Gasteiger partial charge in [0, 0.05) is 12.1 Å². The van der Waals surface area contributed by atoms with Crippen molar-refractivity contribution in [3.8, 4) is 0 Å². The first kappa shape index (κ1) is 14.7. The normalized spacial score (nSPS) is 19.1. The first-order valence-electron chi connectivity index (χ1n) is 7.90. The fourth-order valence-corrected chi connectivity index (χ4v) is 2.14. The number of nitrogens with zero attached hydrogens (tertiary/aromatic N) is 2. The molecule has 22 heavy (non-hydrogen) atoms. The zero-order valence-electron chi connectivity index (χ0n) is 12.8. The van der Waals surface area contributed by atoms with E-state index in [1.54, 1.807) is 0 Å². The van der Waals surface area contributed by atoms with Gasteiger partial charge in [0.1, 0.15) is 0 Å². The quantitative estimate of drug-likeness (QED) is 0.461. The van der Waals surface area contributed by atoms with Crippen LogP contribution in [0.2, 0.25) is 0 Å². The van der Waals surface area contributed by atoms with Crippen LogP contribution in [-0.2, 0) is 13.1 Å². The molecule has 6 nitrogen and oxygen atoms in total. The van der Waals surface area contributed by atoms with E-state index in [0.717, 1.165) is 11.1 Å². The Morgan fingerprint density at radius 1 is 0.909 bits per heavy atom. The van der Waals surface area contributed by atoms with Gasteiger partial charge < -0.3 is 22.1 Å². The molecule has 2 fully saturated rings. The second-order valence-electron chi connectivity index (χ2n) is 6.06. The van der Waals surface area contributed by atoms with Gasteiger partial charge in [0.25, 0.3) is 0 Å². The van der Waals surface area contributed by atoms with Crippen molar-refractivity contribution in [3.63, 3.8) is 0 Å². The van der Waals surface area contributed by atoms with Gasteiger partial charge in [-0.15, -0.1) is 0 Å². The average molecular weight is 300 g/mol. The Labute approximate surface area is 131 Å². The minimum Gasteiger partial charge on any atom is -0.370 e. The van der Waals surface area contributed by atoms with E-state index in [-0.39, 0.29) is 0 Å². The maximum absolute atomic E-state index is 5.84. The van der Waals surface area contributed by atoms with E-state index in [1.165, 1.54) is 25.7 Å². The Morgan fingerprint density at radius 2 is 1.36 bits per heavy atom. The van der Waals surface area contributed by atoms with E-state index in [4.69, 9.17) is 11.5 Å². The Balaban J connectivity index is 1.52. The molecule has 0 radical (unpaired) electrons. The van der Waals surface area contributed by atoms with Crippen molar-refractivity contribution in [1.82, 2.24) is 10.6 Å². The van der Waals surface area contributed by atoms with E-state index in [0.29, 0.717) is 37.1 Å². The average Bonchev–Trinajstić information content (AvgIpc) is 3.40. The van der Waals surface area contributed by atoms with Crippen molar-refractivity contribution in [2.24, 2.45) is 21.5 Å². The van der Waals surface area contributed by atoms with Crippen molar-refractivity contribution in [1.29, 1.82) is 0 Å². The van der Waals surface area contributed by atoms with E-state index in [9.17, 15) is 0 Å². The summed E-state index contributed by atoms with van der Waals surface area (Å²) in [4.78, 5) is 8.74. The van der Waals surface area contributed by atoms with Gasteiger partial charge in [-0.25, -0.2) is 9.98 Å². The van der Waals surface area contributed by atoms with E-state index < -0.39 is 0 Å². The lowest BCUT2D eigenvalue weighted by Crippen LogP contribution is -2.33. The molecule has 0 bridgehead atoms. The van der Waals surface area contributed by atoms with Gasteiger partial charge in [0.15, 0.2) is 11.9 Å². The van der Waals surface area contributed by atoms with Crippen LogP contribution in [0.25, 0.3) is 0 Å². The van der Waals surface area contributed by atoms with Gasteiger partial charge in [-0.2, -0.15) is 0 Å². The summed E-state index contributed by atoms with van der Waals surface area (Å²) in [6.07, 6.45) is 4.78. The van der Waals surface area contributed by atoms with E-state index >= 15 is 0 Å². The second kappa shape index (κ2) is 6.68. The molecule has 0 atom stereocenters. The maximum Gasteiger partial charge on any atom is 0.189 e. The number of aliphatic imine (C=N–C) groups is 2.